The summed E-state index contributed by atoms with van der Waals surface area (Å²) in [7, 11) is 0. The van der Waals surface area contributed by atoms with Gasteiger partial charge in [-0.1, -0.05) is 38.1 Å². The van der Waals surface area contributed by atoms with Crippen molar-refractivity contribution >= 4 is 0 Å². The van der Waals surface area contributed by atoms with Crippen molar-refractivity contribution in [1.29, 1.82) is 0 Å². The summed E-state index contributed by atoms with van der Waals surface area (Å²) in [5.74, 6) is 1.03. The Morgan fingerprint density at radius 2 is 1.76 bits per heavy atom. The van der Waals surface area contributed by atoms with Crippen LogP contribution in [0.4, 0.5) is 0 Å². The van der Waals surface area contributed by atoms with Crippen LogP contribution in [0.2, 0.25) is 0 Å². The highest BCUT2D eigenvalue weighted by molar-refractivity contribution is 5.22. The van der Waals surface area contributed by atoms with Gasteiger partial charge in [0.05, 0.1) is 12.8 Å². The van der Waals surface area contributed by atoms with Gasteiger partial charge in [-0.3, -0.25) is 4.90 Å². The van der Waals surface area contributed by atoms with Gasteiger partial charge in [-0.15, -0.1) is 0 Å². The first-order chi connectivity index (χ1) is 10.3. The predicted molar refractivity (Wildman–Crippen MR) is 86.9 cm³/mol. The zero-order chi connectivity index (χ0) is 14.9. The lowest BCUT2D eigenvalue weighted by Gasteiger charge is -2.19. The Morgan fingerprint density at radius 3 is 2.38 bits per heavy atom. The molecule has 0 amide bonds. The van der Waals surface area contributed by atoms with Crippen molar-refractivity contribution in [2.45, 2.75) is 39.9 Å². The molecule has 1 heterocycles. The topological polar surface area (TPSA) is 28.4 Å². The van der Waals surface area contributed by atoms with Gasteiger partial charge >= 0.3 is 0 Å². The van der Waals surface area contributed by atoms with Gasteiger partial charge in [-0.25, -0.2) is 0 Å². The van der Waals surface area contributed by atoms with Gasteiger partial charge < -0.3 is 9.73 Å². The second-order valence-corrected chi connectivity index (χ2v) is 5.38. The third-order valence-corrected chi connectivity index (χ3v) is 3.59. The van der Waals surface area contributed by atoms with Crippen molar-refractivity contribution in [1.82, 2.24) is 10.2 Å². The molecule has 0 bridgehead atoms. The lowest BCUT2D eigenvalue weighted by molar-refractivity contribution is 0.248. The molecule has 1 aromatic carbocycles. The molecule has 0 atom stereocenters. The van der Waals surface area contributed by atoms with E-state index in [4.69, 9.17) is 4.42 Å². The minimum Gasteiger partial charge on any atom is -0.468 e. The molecule has 3 heteroatoms. The Balaban J connectivity index is 1.86. The maximum absolute atomic E-state index is 5.43. The molecule has 2 aromatic rings. The van der Waals surface area contributed by atoms with Crippen molar-refractivity contribution in [3.63, 3.8) is 0 Å². The van der Waals surface area contributed by atoms with Crippen LogP contribution in [0.3, 0.4) is 0 Å². The van der Waals surface area contributed by atoms with Crippen molar-refractivity contribution in [3.05, 3.63) is 59.5 Å². The molecule has 1 N–H and O–H groups in total. The molecule has 0 unspecified atom stereocenters. The van der Waals surface area contributed by atoms with Crippen molar-refractivity contribution in [2.75, 3.05) is 13.1 Å². The van der Waals surface area contributed by atoms with Crippen LogP contribution in [-0.4, -0.2) is 18.0 Å². The van der Waals surface area contributed by atoms with Gasteiger partial charge in [0.25, 0.3) is 0 Å². The molecule has 114 valence electrons. The maximum atomic E-state index is 5.43. The Morgan fingerprint density at radius 1 is 1.00 bits per heavy atom. The zero-order valence-electron chi connectivity index (χ0n) is 13.1. The van der Waals surface area contributed by atoms with Crippen LogP contribution < -0.4 is 5.32 Å². The average Bonchev–Trinajstić information content (AvgIpc) is 3.01. The van der Waals surface area contributed by atoms with E-state index in [1.807, 2.05) is 12.1 Å². The monoisotopic (exact) mass is 286 g/mol. The fourth-order valence-electron chi connectivity index (χ4n) is 2.33. The molecule has 0 saturated heterocycles. The highest BCUT2D eigenvalue weighted by atomic mass is 16.3. The third-order valence-electron chi connectivity index (χ3n) is 3.59. The summed E-state index contributed by atoms with van der Waals surface area (Å²) in [6.45, 7) is 9.25. The standard InChI is InChI=1S/C18H26N2O/c1-3-11-19-13-16-7-9-17(10-8-16)14-20(4-2)15-18-6-5-12-21-18/h5-10,12,19H,3-4,11,13-15H2,1-2H3. The van der Waals surface area contributed by atoms with Crippen LogP contribution >= 0.6 is 0 Å². The molecule has 0 aliphatic carbocycles. The second-order valence-electron chi connectivity index (χ2n) is 5.38. The highest BCUT2D eigenvalue weighted by Crippen LogP contribution is 2.11. The Labute approximate surface area is 128 Å². The number of benzene rings is 1. The summed E-state index contributed by atoms with van der Waals surface area (Å²) in [6.07, 6.45) is 2.91. The highest BCUT2D eigenvalue weighted by Gasteiger charge is 2.06. The molecule has 1 aromatic heterocycles. The van der Waals surface area contributed by atoms with Gasteiger partial charge in [0.1, 0.15) is 5.76 Å². The minimum atomic E-state index is 0.864. The van der Waals surface area contributed by atoms with Crippen LogP contribution in [0.5, 0.6) is 0 Å². The summed E-state index contributed by atoms with van der Waals surface area (Å²) >= 11 is 0. The van der Waals surface area contributed by atoms with Crippen LogP contribution in [0.25, 0.3) is 0 Å². The lowest BCUT2D eigenvalue weighted by Crippen LogP contribution is -2.22. The van der Waals surface area contributed by atoms with E-state index in [0.29, 0.717) is 0 Å². The molecule has 0 fully saturated rings. The molecule has 0 spiro atoms. The van der Waals surface area contributed by atoms with E-state index >= 15 is 0 Å². The number of nitrogens with one attached hydrogen (secondary N) is 1. The number of furan rings is 1. The number of nitrogens with zero attached hydrogens (tertiary/aromatic N) is 1. The number of rotatable bonds is 9. The summed E-state index contributed by atoms with van der Waals surface area (Å²) in [4.78, 5) is 2.38. The number of hydrogen-bond donors (Lipinski definition) is 1. The van der Waals surface area contributed by atoms with E-state index in [-0.39, 0.29) is 0 Å². The molecule has 0 saturated carbocycles. The summed E-state index contributed by atoms with van der Waals surface area (Å²) in [5.41, 5.74) is 2.70. The normalized spacial score (nSPS) is 11.2. The van der Waals surface area contributed by atoms with Crippen LogP contribution in [0.1, 0.15) is 37.2 Å². The Hall–Kier alpha value is -1.58. The maximum Gasteiger partial charge on any atom is 0.117 e. The lowest BCUT2D eigenvalue weighted by atomic mass is 10.1. The molecular formula is C18H26N2O. The average molecular weight is 286 g/mol. The van der Waals surface area contributed by atoms with Crippen LogP contribution in [-0.2, 0) is 19.6 Å². The van der Waals surface area contributed by atoms with Gasteiger partial charge in [-0.05, 0) is 42.8 Å². The van der Waals surface area contributed by atoms with Crippen molar-refractivity contribution in [3.8, 4) is 0 Å². The third kappa shape index (κ3) is 5.37. The van der Waals surface area contributed by atoms with E-state index in [9.17, 15) is 0 Å². The molecule has 0 aliphatic heterocycles. The Bertz CT molecular complexity index is 490. The van der Waals surface area contributed by atoms with Gasteiger partial charge in [0.2, 0.25) is 0 Å². The molecule has 21 heavy (non-hydrogen) atoms. The van der Waals surface area contributed by atoms with E-state index in [0.717, 1.165) is 38.5 Å². The fourth-order valence-corrected chi connectivity index (χ4v) is 2.33. The first-order valence-electron chi connectivity index (χ1n) is 7.85. The van der Waals surface area contributed by atoms with E-state index in [1.54, 1.807) is 6.26 Å². The quantitative estimate of drug-likeness (QED) is 0.711. The SMILES string of the molecule is CCCNCc1ccc(CN(CC)Cc2ccco2)cc1. The predicted octanol–water partition coefficient (Wildman–Crippen LogP) is 3.80. The Kier molecular flexibility index (Phi) is 6.51. The molecule has 0 radical (unpaired) electrons. The largest absolute Gasteiger partial charge is 0.468 e. The first-order valence-corrected chi connectivity index (χ1v) is 7.85. The smallest absolute Gasteiger partial charge is 0.117 e. The first kappa shape index (κ1) is 15.8. The minimum absolute atomic E-state index is 0.864. The van der Waals surface area contributed by atoms with Crippen LogP contribution in [0, 0.1) is 0 Å². The van der Waals surface area contributed by atoms with E-state index in [1.165, 1.54) is 17.5 Å². The molecule has 2 rings (SSSR count). The zero-order valence-corrected chi connectivity index (χ0v) is 13.1. The summed E-state index contributed by atoms with van der Waals surface area (Å²) in [6, 6.07) is 12.9. The van der Waals surface area contributed by atoms with Gasteiger partial charge in [0, 0.05) is 13.1 Å². The number of hydrogen-bond acceptors (Lipinski definition) is 3. The second kappa shape index (κ2) is 8.65. The van der Waals surface area contributed by atoms with Crippen molar-refractivity contribution < 1.29 is 4.42 Å². The summed E-state index contributed by atoms with van der Waals surface area (Å²) in [5, 5.41) is 3.43. The van der Waals surface area contributed by atoms with E-state index < -0.39 is 0 Å². The van der Waals surface area contributed by atoms with E-state index in [2.05, 4.69) is 48.3 Å². The fraction of sp³-hybridized carbons (Fsp3) is 0.444. The molecule has 3 nitrogen and oxygen atoms in total. The van der Waals surface area contributed by atoms with Gasteiger partial charge in [-0.2, -0.15) is 0 Å². The van der Waals surface area contributed by atoms with Crippen LogP contribution in [0.15, 0.2) is 47.1 Å². The summed E-state index contributed by atoms with van der Waals surface area (Å²) < 4.78 is 5.43. The van der Waals surface area contributed by atoms with Gasteiger partial charge in [0.15, 0.2) is 0 Å². The molecule has 0 aliphatic rings. The van der Waals surface area contributed by atoms with Crippen molar-refractivity contribution in [2.24, 2.45) is 0 Å². The molecular weight excluding hydrogens is 260 g/mol.